The molecule has 1 amide bonds. The van der Waals surface area contributed by atoms with E-state index in [1.165, 1.54) is 18.9 Å². The Morgan fingerprint density at radius 2 is 2.16 bits per heavy atom. The third-order valence-corrected chi connectivity index (χ3v) is 3.91. The Bertz CT molecular complexity index is 499. The first-order valence-corrected chi connectivity index (χ1v) is 6.84. The number of carbonyl (C=O) groups excluding carboxylic acids is 1. The molecular weight excluding hydrogens is 245 g/mol. The van der Waals surface area contributed by atoms with E-state index < -0.39 is 5.82 Å². The zero-order valence-electron chi connectivity index (χ0n) is 11.0. The predicted octanol–water partition coefficient (Wildman–Crippen LogP) is 2.43. The van der Waals surface area contributed by atoms with Crippen LogP contribution in [-0.2, 0) is 4.74 Å². The molecule has 0 aromatic heterocycles. The number of amides is 1. The molecule has 1 aliphatic heterocycles. The first-order valence-electron chi connectivity index (χ1n) is 6.84. The van der Waals surface area contributed by atoms with E-state index in [9.17, 15) is 9.18 Å². The highest BCUT2D eigenvalue weighted by Crippen LogP contribution is 2.38. The first kappa shape index (κ1) is 12.6. The van der Waals surface area contributed by atoms with Crippen molar-refractivity contribution in [3.63, 3.8) is 0 Å². The summed E-state index contributed by atoms with van der Waals surface area (Å²) >= 11 is 0. The third-order valence-electron chi connectivity index (χ3n) is 3.91. The van der Waals surface area contributed by atoms with E-state index in [2.05, 4.69) is 5.32 Å². The highest BCUT2D eigenvalue weighted by Gasteiger charge is 2.41. The molecule has 4 heteroatoms. The van der Waals surface area contributed by atoms with Gasteiger partial charge in [-0.3, -0.25) is 4.79 Å². The Hall–Kier alpha value is -1.42. The Labute approximate surface area is 112 Å². The molecule has 0 spiro atoms. The van der Waals surface area contributed by atoms with Crippen molar-refractivity contribution in [2.45, 2.75) is 38.3 Å². The summed E-state index contributed by atoms with van der Waals surface area (Å²) < 4.78 is 19.4. The molecule has 19 heavy (non-hydrogen) atoms. The van der Waals surface area contributed by atoms with Crippen molar-refractivity contribution in [2.24, 2.45) is 5.92 Å². The number of hydrogen-bond donors (Lipinski definition) is 1. The Kier molecular flexibility index (Phi) is 3.27. The number of carbonyl (C=O) groups is 1. The molecule has 2 atom stereocenters. The number of aryl methyl sites for hydroxylation is 1. The van der Waals surface area contributed by atoms with Crippen LogP contribution in [0.25, 0.3) is 0 Å². The van der Waals surface area contributed by atoms with E-state index in [1.54, 1.807) is 19.1 Å². The van der Waals surface area contributed by atoms with E-state index in [1.807, 2.05) is 0 Å². The standard InChI is InChI=1S/C15H18FNO2/c1-9-2-5-11(12(16)8-9)15(18)17-13-6-7-19-14(13)10-3-4-10/h2,5,8,10,13-14H,3-4,6-7H2,1H3,(H,17,18). The molecular formula is C15H18FNO2. The topological polar surface area (TPSA) is 38.3 Å². The number of nitrogens with one attached hydrogen (secondary N) is 1. The predicted molar refractivity (Wildman–Crippen MR) is 69.5 cm³/mol. The van der Waals surface area contributed by atoms with Crippen LogP contribution in [0.5, 0.6) is 0 Å². The fraction of sp³-hybridized carbons (Fsp3) is 0.533. The summed E-state index contributed by atoms with van der Waals surface area (Å²) in [5.41, 5.74) is 0.932. The number of benzene rings is 1. The van der Waals surface area contributed by atoms with Gasteiger partial charge in [0.25, 0.3) is 5.91 Å². The zero-order valence-corrected chi connectivity index (χ0v) is 11.0. The van der Waals surface area contributed by atoms with Crippen molar-refractivity contribution >= 4 is 5.91 Å². The van der Waals surface area contributed by atoms with Gasteiger partial charge in [-0.25, -0.2) is 4.39 Å². The fourth-order valence-corrected chi connectivity index (χ4v) is 2.71. The second-order valence-electron chi connectivity index (χ2n) is 5.52. The van der Waals surface area contributed by atoms with Gasteiger partial charge in [-0.05, 0) is 49.8 Å². The van der Waals surface area contributed by atoms with Crippen LogP contribution in [0.3, 0.4) is 0 Å². The minimum atomic E-state index is -0.459. The lowest BCUT2D eigenvalue weighted by molar-refractivity contribution is 0.0727. The van der Waals surface area contributed by atoms with Gasteiger partial charge in [-0.2, -0.15) is 0 Å². The van der Waals surface area contributed by atoms with Crippen molar-refractivity contribution in [1.29, 1.82) is 0 Å². The number of rotatable bonds is 3. The molecule has 1 N–H and O–H groups in total. The second-order valence-corrected chi connectivity index (χ2v) is 5.52. The Morgan fingerprint density at radius 3 is 2.84 bits per heavy atom. The molecule has 1 saturated heterocycles. The largest absolute Gasteiger partial charge is 0.376 e. The second kappa shape index (κ2) is 4.93. The summed E-state index contributed by atoms with van der Waals surface area (Å²) in [5, 5.41) is 2.92. The monoisotopic (exact) mass is 263 g/mol. The maximum absolute atomic E-state index is 13.8. The fourth-order valence-electron chi connectivity index (χ4n) is 2.71. The van der Waals surface area contributed by atoms with E-state index in [0.29, 0.717) is 12.5 Å². The highest BCUT2D eigenvalue weighted by molar-refractivity contribution is 5.94. The molecule has 3 nitrogen and oxygen atoms in total. The van der Waals surface area contributed by atoms with Crippen LogP contribution in [0.1, 0.15) is 35.2 Å². The normalized spacial score (nSPS) is 26.4. The van der Waals surface area contributed by atoms with Gasteiger partial charge >= 0.3 is 0 Å². The molecule has 1 aromatic carbocycles. The Morgan fingerprint density at radius 1 is 1.37 bits per heavy atom. The van der Waals surface area contributed by atoms with Crippen LogP contribution in [0.2, 0.25) is 0 Å². The summed E-state index contributed by atoms with van der Waals surface area (Å²) in [6.45, 7) is 2.49. The summed E-state index contributed by atoms with van der Waals surface area (Å²) in [7, 11) is 0. The SMILES string of the molecule is Cc1ccc(C(=O)NC2CCOC2C2CC2)c(F)c1. The van der Waals surface area contributed by atoms with Crippen LogP contribution >= 0.6 is 0 Å². The van der Waals surface area contributed by atoms with Crippen molar-refractivity contribution < 1.29 is 13.9 Å². The van der Waals surface area contributed by atoms with Gasteiger partial charge in [0, 0.05) is 6.61 Å². The molecule has 0 radical (unpaired) electrons. The minimum absolute atomic E-state index is 0.0284. The number of ether oxygens (including phenoxy) is 1. The maximum atomic E-state index is 13.8. The molecule has 2 unspecified atom stereocenters. The summed E-state index contributed by atoms with van der Waals surface area (Å²) in [6, 6.07) is 4.71. The van der Waals surface area contributed by atoms with E-state index >= 15 is 0 Å². The quantitative estimate of drug-likeness (QED) is 0.909. The van der Waals surface area contributed by atoms with Crippen LogP contribution in [0.4, 0.5) is 4.39 Å². The Balaban J connectivity index is 1.70. The van der Waals surface area contributed by atoms with Crippen molar-refractivity contribution in [3.05, 3.63) is 35.1 Å². The van der Waals surface area contributed by atoms with Gasteiger partial charge in [-0.1, -0.05) is 6.07 Å². The lowest BCUT2D eigenvalue weighted by Crippen LogP contribution is -2.41. The average Bonchev–Trinajstić information content (AvgIpc) is 3.10. The molecule has 0 bridgehead atoms. The molecule has 2 aliphatic rings. The van der Waals surface area contributed by atoms with Gasteiger partial charge < -0.3 is 10.1 Å². The van der Waals surface area contributed by atoms with Crippen molar-refractivity contribution in [2.75, 3.05) is 6.61 Å². The lowest BCUT2D eigenvalue weighted by atomic mass is 10.1. The van der Waals surface area contributed by atoms with E-state index in [4.69, 9.17) is 4.74 Å². The van der Waals surface area contributed by atoms with Crippen LogP contribution in [-0.4, -0.2) is 24.7 Å². The molecule has 3 rings (SSSR count). The zero-order chi connectivity index (χ0) is 13.4. The van der Waals surface area contributed by atoms with Crippen molar-refractivity contribution in [3.8, 4) is 0 Å². The van der Waals surface area contributed by atoms with Gasteiger partial charge in [-0.15, -0.1) is 0 Å². The number of hydrogen-bond acceptors (Lipinski definition) is 2. The molecule has 1 saturated carbocycles. The third kappa shape index (κ3) is 2.63. The summed E-state index contributed by atoms with van der Waals surface area (Å²) in [4.78, 5) is 12.1. The van der Waals surface area contributed by atoms with Gasteiger partial charge in [0.15, 0.2) is 0 Å². The van der Waals surface area contributed by atoms with E-state index in [-0.39, 0.29) is 23.6 Å². The lowest BCUT2D eigenvalue weighted by Gasteiger charge is -2.19. The summed E-state index contributed by atoms with van der Waals surface area (Å²) in [5.74, 6) is -0.214. The number of halogens is 1. The van der Waals surface area contributed by atoms with E-state index in [0.717, 1.165) is 12.0 Å². The van der Waals surface area contributed by atoms with Gasteiger partial charge in [0.2, 0.25) is 0 Å². The highest BCUT2D eigenvalue weighted by atomic mass is 19.1. The smallest absolute Gasteiger partial charge is 0.254 e. The summed E-state index contributed by atoms with van der Waals surface area (Å²) in [6.07, 6.45) is 3.30. The molecule has 1 heterocycles. The van der Waals surface area contributed by atoms with Crippen LogP contribution < -0.4 is 5.32 Å². The molecule has 102 valence electrons. The van der Waals surface area contributed by atoms with Crippen LogP contribution in [0.15, 0.2) is 18.2 Å². The minimum Gasteiger partial charge on any atom is -0.376 e. The molecule has 1 aliphatic carbocycles. The van der Waals surface area contributed by atoms with Crippen LogP contribution in [0, 0.1) is 18.7 Å². The molecule has 1 aromatic rings. The van der Waals surface area contributed by atoms with Crippen molar-refractivity contribution in [1.82, 2.24) is 5.32 Å². The molecule has 2 fully saturated rings. The van der Waals surface area contributed by atoms with Gasteiger partial charge in [0.1, 0.15) is 5.82 Å². The van der Waals surface area contributed by atoms with Gasteiger partial charge in [0.05, 0.1) is 17.7 Å². The average molecular weight is 263 g/mol. The first-order chi connectivity index (χ1) is 9.15. The maximum Gasteiger partial charge on any atom is 0.254 e.